The third kappa shape index (κ3) is 2.66. The molecule has 19 heavy (non-hydrogen) atoms. The predicted octanol–water partition coefficient (Wildman–Crippen LogP) is 2.02. The summed E-state index contributed by atoms with van der Waals surface area (Å²) >= 11 is 0. The van der Waals surface area contributed by atoms with Crippen LogP contribution in [0, 0.1) is 0 Å². The van der Waals surface area contributed by atoms with Crippen LogP contribution >= 0.6 is 0 Å². The smallest absolute Gasteiger partial charge is 0.128 e. The van der Waals surface area contributed by atoms with Crippen LogP contribution in [0.25, 0.3) is 11.3 Å². The quantitative estimate of drug-likeness (QED) is 0.834. The minimum atomic E-state index is -0.163. The molecule has 2 aromatic rings. The number of benzene rings is 1. The summed E-state index contributed by atoms with van der Waals surface area (Å²) in [7, 11) is 1.62. The maximum atomic E-state index is 9.41. The van der Waals surface area contributed by atoms with Gasteiger partial charge in [0.2, 0.25) is 0 Å². The Hall–Kier alpha value is -2.14. The minimum Gasteiger partial charge on any atom is -0.496 e. The van der Waals surface area contributed by atoms with Gasteiger partial charge in [-0.2, -0.15) is 0 Å². The molecule has 0 radical (unpaired) electrons. The number of methoxy groups -OCH3 is 1. The van der Waals surface area contributed by atoms with Crippen LogP contribution in [0.2, 0.25) is 0 Å². The van der Waals surface area contributed by atoms with E-state index in [0.717, 1.165) is 22.6 Å². The monoisotopic (exact) mass is 259 g/mol. The summed E-state index contributed by atoms with van der Waals surface area (Å²) in [5, 5.41) is 17.5. The number of rotatable bonds is 5. The van der Waals surface area contributed by atoms with Gasteiger partial charge in [0.25, 0.3) is 0 Å². The third-order valence-electron chi connectivity index (χ3n) is 2.74. The molecule has 0 aliphatic heterocycles. The second-order valence-corrected chi connectivity index (χ2v) is 4.36. The van der Waals surface area contributed by atoms with E-state index in [1.165, 1.54) is 0 Å². The largest absolute Gasteiger partial charge is 0.496 e. The van der Waals surface area contributed by atoms with Crippen LogP contribution < -0.4 is 4.74 Å². The molecule has 1 aromatic carbocycles. The molecule has 0 fully saturated rings. The molecule has 100 valence electrons. The Bertz CT molecular complexity index is 590. The Morgan fingerprint density at radius 2 is 2.16 bits per heavy atom. The number of aliphatic hydroxyl groups excluding tert-OH is 1. The number of nitrogens with zero attached hydrogens (tertiary/aromatic N) is 3. The summed E-state index contributed by atoms with van der Waals surface area (Å²) in [4.78, 5) is 0. The van der Waals surface area contributed by atoms with Crippen molar-refractivity contribution < 1.29 is 9.84 Å². The molecule has 0 saturated heterocycles. The Balaban J connectivity index is 2.58. The zero-order valence-electron chi connectivity index (χ0n) is 11.1. The van der Waals surface area contributed by atoms with Crippen LogP contribution in [-0.2, 0) is 13.2 Å². The second-order valence-electron chi connectivity index (χ2n) is 4.36. The molecule has 0 bridgehead atoms. The van der Waals surface area contributed by atoms with Crippen molar-refractivity contribution >= 4 is 0 Å². The lowest BCUT2D eigenvalue weighted by Gasteiger charge is -2.11. The highest BCUT2D eigenvalue weighted by Crippen LogP contribution is 2.31. The maximum absolute atomic E-state index is 9.41. The van der Waals surface area contributed by atoms with Gasteiger partial charge in [-0.05, 0) is 19.1 Å². The van der Waals surface area contributed by atoms with Crippen molar-refractivity contribution in [2.24, 2.45) is 0 Å². The molecular weight excluding hydrogens is 242 g/mol. The van der Waals surface area contributed by atoms with Crippen molar-refractivity contribution in [1.29, 1.82) is 0 Å². The Kier molecular flexibility index (Phi) is 3.97. The van der Waals surface area contributed by atoms with Gasteiger partial charge in [-0.1, -0.05) is 29.5 Å². The first-order valence-corrected chi connectivity index (χ1v) is 5.98. The fourth-order valence-electron chi connectivity index (χ4n) is 1.96. The number of allylic oxidation sites excluding steroid dienone is 1. The van der Waals surface area contributed by atoms with Crippen LogP contribution in [0.15, 0.2) is 36.4 Å². The Morgan fingerprint density at radius 3 is 2.79 bits per heavy atom. The Labute approximate surface area is 112 Å². The van der Waals surface area contributed by atoms with Crippen molar-refractivity contribution in [2.45, 2.75) is 20.1 Å². The van der Waals surface area contributed by atoms with E-state index in [4.69, 9.17) is 4.74 Å². The normalized spacial score (nSPS) is 10.5. The number of hydrogen-bond acceptors (Lipinski definition) is 4. The first-order chi connectivity index (χ1) is 9.17. The molecule has 0 amide bonds. The lowest BCUT2D eigenvalue weighted by molar-refractivity contribution is 0.277. The number of para-hydroxylation sites is 1. The van der Waals surface area contributed by atoms with Crippen molar-refractivity contribution in [3.8, 4) is 17.0 Å². The van der Waals surface area contributed by atoms with Crippen molar-refractivity contribution in [2.75, 3.05) is 7.11 Å². The lowest BCUT2D eigenvalue weighted by atomic mass is 10.1. The summed E-state index contributed by atoms with van der Waals surface area (Å²) in [5.41, 5.74) is 3.12. The van der Waals surface area contributed by atoms with Crippen LogP contribution in [0.5, 0.6) is 5.75 Å². The molecule has 5 nitrogen and oxygen atoms in total. The molecular formula is C14H17N3O2. The summed E-state index contributed by atoms with van der Waals surface area (Å²) in [6.45, 7) is 6.20. The summed E-state index contributed by atoms with van der Waals surface area (Å²) in [6, 6.07) is 7.60. The van der Waals surface area contributed by atoms with Gasteiger partial charge in [0.15, 0.2) is 0 Å². The highest BCUT2D eigenvalue weighted by atomic mass is 16.5. The van der Waals surface area contributed by atoms with Crippen LogP contribution in [0.1, 0.15) is 12.6 Å². The summed E-state index contributed by atoms with van der Waals surface area (Å²) in [5.74, 6) is 0.725. The molecule has 0 spiro atoms. The van der Waals surface area contributed by atoms with Crippen LogP contribution in [-0.4, -0.2) is 27.2 Å². The average Bonchev–Trinajstić information content (AvgIpc) is 2.80. The van der Waals surface area contributed by atoms with E-state index < -0.39 is 0 Å². The number of hydrogen-bond donors (Lipinski definition) is 1. The van der Waals surface area contributed by atoms with Gasteiger partial charge >= 0.3 is 0 Å². The fraction of sp³-hybridized carbons (Fsp3) is 0.286. The average molecular weight is 259 g/mol. The molecule has 0 saturated carbocycles. The molecule has 0 aliphatic rings. The molecule has 1 heterocycles. The zero-order valence-corrected chi connectivity index (χ0v) is 11.1. The van der Waals surface area contributed by atoms with E-state index in [9.17, 15) is 5.11 Å². The molecule has 0 aliphatic carbocycles. The van der Waals surface area contributed by atoms with Gasteiger partial charge in [-0.25, -0.2) is 4.68 Å². The van der Waals surface area contributed by atoms with Crippen molar-refractivity contribution in [3.05, 3.63) is 42.1 Å². The Morgan fingerprint density at radius 1 is 1.42 bits per heavy atom. The van der Waals surface area contributed by atoms with E-state index in [1.807, 2.05) is 31.2 Å². The van der Waals surface area contributed by atoms with E-state index >= 15 is 0 Å². The number of aliphatic hydroxyl groups is 1. The molecule has 5 heteroatoms. The molecule has 2 rings (SSSR count). The lowest BCUT2D eigenvalue weighted by Crippen LogP contribution is -2.04. The van der Waals surface area contributed by atoms with E-state index in [0.29, 0.717) is 12.2 Å². The van der Waals surface area contributed by atoms with Gasteiger partial charge in [0.1, 0.15) is 11.4 Å². The minimum absolute atomic E-state index is 0.163. The molecule has 1 N–H and O–H groups in total. The predicted molar refractivity (Wildman–Crippen MR) is 72.7 cm³/mol. The third-order valence-corrected chi connectivity index (χ3v) is 2.74. The number of aromatic nitrogens is 3. The highest BCUT2D eigenvalue weighted by molar-refractivity contribution is 5.69. The van der Waals surface area contributed by atoms with E-state index in [1.54, 1.807) is 11.8 Å². The first-order valence-electron chi connectivity index (χ1n) is 5.98. The van der Waals surface area contributed by atoms with Gasteiger partial charge < -0.3 is 9.84 Å². The van der Waals surface area contributed by atoms with Crippen LogP contribution in [0.4, 0.5) is 0 Å². The SMILES string of the molecule is C=C(C)Cn1nnc(CO)c1-c1ccccc1OC. The van der Waals surface area contributed by atoms with Gasteiger partial charge in [-0.3, -0.25) is 0 Å². The zero-order chi connectivity index (χ0) is 13.8. The van der Waals surface area contributed by atoms with Crippen molar-refractivity contribution in [3.63, 3.8) is 0 Å². The summed E-state index contributed by atoms with van der Waals surface area (Å²) < 4.78 is 7.08. The standard InChI is InChI=1S/C14H17N3O2/c1-10(2)8-17-14(12(9-18)15-16-17)11-6-4-5-7-13(11)19-3/h4-7,18H,1,8-9H2,2-3H3. The second kappa shape index (κ2) is 5.67. The van der Waals surface area contributed by atoms with E-state index in [2.05, 4.69) is 16.9 Å². The molecule has 0 atom stereocenters. The molecule has 1 aromatic heterocycles. The number of ether oxygens (including phenoxy) is 1. The fourth-order valence-corrected chi connectivity index (χ4v) is 1.96. The van der Waals surface area contributed by atoms with Gasteiger partial charge in [0, 0.05) is 5.56 Å². The summed E-state index contributed by atoms with van der Waals surface area (Å²) in [6.07, 6.45) is 0. The van der Waals surface area contributed by atoms with Crippen LogP contribution in [0.3, 0.4) is 0 Å². The highest BCUT2D eigenvalue weighted by Gasteiger charge is 2.17. The maximum Gasteiger partial charge on any atom is 0.128 e. The first kappa shape index (κ1) is 13.3. The van der Waals surface area contributed by atoms with Gasteiger partial charge in [-0.15, -0.1) is 5.10 Å². The molecule has 0 unspecified atom stereocenters. The topological polar surface area (TPSA) is 60.2 Å². The van der Waals surface area contributed by atoms with E-state index in [-0.39, 0.29) is 6.61 Å². The van der Waals surface area contributed by atoms with Crippen molar-refractivity contribution in [1.82, 2.24) is 15.0 Å². The van der Waals surface area contributed by atoms with Gasteiger partial charge in [0.05, 0.1) is 26.0 Å².